The fourth-order valence-electron chi connectivity index (χ4n) is 3.72. The van der Waals surface area contributed by atoms with Crippen molar-refractivity contribution in [2.24, 2.45) is 11.5 Å². The summed E-state index contributed by atoms with van der Waals surface area (Å²) in [4.78, 5) is 0. The zero-order valence-corrected chi connectivity index (χ0v) is 18.7. The Kier molecular flexibility index (Phi) is 23.4. The van der Waals surface area contributed by atoms with Gasteiger partial charge in [0.2, 0.25) is 0 Å². The zero-order valence-electron chi connectivity index (χ0n) is 18.7. The van der Waals surface area contributed by atoms with Gasteiger partial charge in [-0.1, -0.05) is 128 Å². The summed E-state index contributed by atoms with van der Waals surface area (Å²) in [6.07, 6.45) is 32.3. The van der Waals surface area contributed by atoms with Crippen LogP contribution in [-0.4, -0.2) is 12.6 Å². The lowest BCUT2D eigenvalue weighted by Crippen LogP contribution is -2.20. The SMILES string of the molecule is CCCCCCCCCCCCCCCCCCCC/C=C/C(N)CCN. The highest BCUT2D eigenvalue weighted by atomic mass is 14.6. The molecule has 0 aliphatic carbocycles. The molecule has 0 rings (SSSR count). The van der Waals surface area contributed by atoms with Gasteiger partial charge in [0.25, 0.3) is 0 Å². The highest BCUT2D eigenvalue weighted by molar-refractivity contribution is 4.91. The molecule has 0 radical (unpaired) electrons. The van der Waals surface area contributed by atoms with Crippen LogP contribution in [0.4, 0.5) is 0 Å². The molecule has 0 aromatic heterocycles. The maximum atomic E-state index is 5.90. The topological polar surface area (TPSA) is 52.0 Å². The molecule has 0 heterocycles. The summed E-state index contributed by atoms with van der Waals surface area (Å²) in [5.74, 6) is 0. The third-order valence-corrected chi connectivity index (χ3v) is 5.61. The predicted molar refractivity (Wildman–Crippen MR) is 124 cm³/mol. The quantitative estimate of drug-likeness (QED) is 0.150. The largest absolute Gasteiger partial charge is 0.330 e. The molecule has 0 saturated heterocycles. The highest BCUT2D eigenvalue weighted by Gasteiger charge is 1.96. The van der Waals surface area contributed by atoms with Gasteiger partial charge < -0.3 is 11.5 Å². The smallest absolute Gasteiger partial charge is 0.0235 e. The van der Waals surface area contributed by atoms with Crippen LogP contribution in [0.3, 0.4) is 0 Å². The van der Waals surface area contributed by atoms with Gasteiger partial charge in [-0.15, -0.1) is 0 Å². The van der Waals surface area contributed by atoms with E-state index in [4.69, 9.17) is 11.5 Å². The number of hydrogen-bond acceptors (Lipinski definition) is 2. The Morgan fingerprint density at radius 3 is 1.33 bits per heavy atom. The average Bonchev–Trinajstić information content (AvgIpc) is 2.66. The molecule has 0 aromatic carbocycles. The van der Waals surface area contributed by atoms with Crippen molar-refractivity contribution in [1.29, 1.82) is 0 Å². The molecule has 0 bridgehead atoms. The number of rotatable bonds is 22. The molecule has 27 heavy (non-hydrogen) atoms. The Morgan fingerprint density at radius 2 is 0.963 bits per heavy atom. The first-order chi connectivity index (χ1) is 13.3. The van der Waals surface area contributed by atoms with Crippen molar-refractivity contribution in [3.8, 4) is 0 Å². The van der Waals surface area contributed by atoms with Crippen LogP contribution in [0.15, 0.2) is 12.2 Å². The Morgan fingerprint density at radius 1 is 0.593 bits per heavy atom. The van der Waals surface area contributed by atoms with Gasteiger partial charge in [0.15, 0.2) is 0 Å². The molecule has 0 saturated carbocycles. The Hall–Kier alpha value is -0.340. The van der Waals surface area contributed by atoms with Crippen LogP contribution < -0.4 is 11.5 Å². The molecule has 1 unspecified atom stereocenters. The first kappa shape index (κ1) is 26.7. The standard InChI is InChI=1S/C25H52N2/c1-2-3-4-5-6-7-8-9-10-11-12-13-14-15-16-17-18-19-20-21-22-25(27)23-24-26/h21-22,25H,2-20,23-24,26-27H2,1H3/b22-21+. The van der Waals surface area contributed by atoms with E-state index < -0.39 is 0 Å². The second-order valence-corrected chi connectivity index (χ2v) is 8.47. The summed E-state index contributed by atoms with van der Waals surface area (Å²) in [5, 5.41) is 0. The van der Waals surface area contributed by atoms with Gasteiger partial charge in [0.1, 0.15) is 0 Å². The summed E-state index contributed by atoms with van der Waals surface area (Å²) >= 11 is 0. The van der Waals surface area contributed by atoms with Crippen molar-refractivity contribution in [2.45, 2.75) is 141 Å². The molecular formula is C25H52N2. The molecular weight excluding hydrogens is 328 g/mol. The van der Waals surface area contributed by atoms with E-state index in [1.165, 1.54) is 122 Å². The minimum absolute atomic E-state index is 0.158. The molecule has 0 spiro atoms. The zero-order chi connectivity index (χ0) is 19.8. The minimum atomic E-state index is 0.158. The molecule has 0 aromatic rings. The molecule has 2 heteroatoms. The maximum Gasteiger partial charge on any atom is 0.0235 e. The van der Waals surface area contributed by atoms with E-state index in [9.17, 15) is 0 Å². The second kappa shape index (κ2) is 23.7. The van der Waals surface area contributed by atoms with Gasteiger partial charge >= 0.3 is 0 Å². The lowest BCUT2D eigenvalue weighted by atomic mass is 10.0. The Balaban J connectivity index is 3.07. The van der Waals surface area contributed by atoms with Crippen LogP contribution in [0.25, 0.3) is 0 Å². The Labute approximate surface area is 171 Å². The van der Waals surface area contributed by atoms with Crippen LogP contribution in [0.2, 0.25) is 0 Å². The fraction of sp³-hybridized carbons (Fsp3) is 0.920. The molecule has 0 fully saturated rings. The normalized spacial score (nSPS) is 12.9. The maximum absolute atomic E-state index is 5.90. The average molecular weight is 381 g/mol. The van der Waals surface area contributed by atoms with Gasteiger partial charge in [-0.25, -0.2) is 0 Å². The summed E-state index contributed by atoms with van der Waals surface area (Å²) in [5.41, 5.74) is 11.4. The first-order valence-corrected chi connectivity index (χ1v) is 12.4. The number of unbranched alkanes of at least 4 members (excludes halogenated alkanes) is 18. The van der Waals surface area contributed by atoms with E-state index in [-0.39, 0.29) is 6.04 Å². The van der Waals surface area contributed by atoms with Crippen LogP contribution in [0, 0.1) is 0 Å². The summed E-state index contributed by atoms with van der Waals surface area (Å²) in [6.45, 7) is 2.98. The van der Waals surface area contributed by atoms with Crippen LogP contribution >= 0.6 is 0 Å². The molecule has 0 aliphatic heterocycles. The highest BCUT2D eigenvalue weighted by Crippen LogP contribution is 2.14. The summed E-state index contributed by atoms with van der Waals surface area (Å²) in [6, 6.07) is 0.158. The minimum Gasteiger partial charge on any atom is -0.330 e. The van der Waals surface area contributed by atoms with Crippen molar-refractivity contribution < 1.29 is 0 Å². The molecule has 0 aliphatic rings. The van der Waals surface area contributed by atoms with Crippen LogP contribution in [-0.2, 0) is 0 Å². The lowest BCUT2D eigenvalue weighted by molar-refractivity contribution is 0.525. The van der Waals surface area contributed by atoms with E-state index in [2.05, 4.69) is 19.1 Å². The van der Waals surface area contributed by atoms with Gasteiger partial charge in [-0.3, -0.25) is 0 Å². The number of hydrogen-bond donors (Lipinski definition) is 2. The van der Waals surface area contributed by atoms with Crippen molar-refractivity contribution in [3.63, 3.8) is 0 Å². The third kappa shape index (κ3) is 23.6. The van der Waals surface area contributed by atoms with Crippen LogP contribution in [0.5, 0.6) is 0 Å². The molecule has 2 nitrogen and oxygen atoms in total. The molecule has 4 N–H and O–H groups in total. The molecule has 0 amide bonds. The van der Waals surface area contributed by atoms with E-state index >= 15 is 0 Å². The van der Waals surface area contributed by atoms with Gasteiger partial charge in [-0.05, 0) is 25.8 Å². The van der Waals surface area contributed by atoms with E-state index in [0.29, 0.717) is 6.54 Å². The third-order valence-electron chi connectivity index (χ3n) is 5.61. The van der Waals surface area contributed by atoms with Crippen molar-refractivity contribution in [3.05, 3.63) is 12.2 Å². The fourth-order valence-corrected chi connectivity index (χ4v) is 3.72. The van der Waals surface area contributed by atoms with E-state index in [1.807, 2.05) is 0 Å². The van der Waals surface area contributed by atoms with E-state index in [0.717, 1.165) is 6.42 Å². The first-order valence-electron chi connectivity index (χ1n) is 12.4. The monoisotopic (exact) mass is 380 g/mol. The van der Waals surface area contributed by atoms with E-state index in [1.54, 1.807) is 0 Å². The second-order valence-electron chi connectivity index (χ2n) is 8.47. The number of allylic oxidation sites excluding steroid dienone is 1. The van der Waals surface area contributed by atoms with Crippen molar-refractivity contribution >= 4 is 0 Å². The van der Waals surface area contributed by atoms with Crippen molar-refractivity contribution in [1.82, 2.24) is 0 Å². The van der Waals surface area contributed by atoms with Crippen molar-refractivity contribution in [2.75, 3.05) is 6.54 Å². The lowest BCUT2D eigenvalue weighted by Gasteiger charge is -2.04. The summed E-state index contributed by atoms with van der Waals surface area (Å²) in [7, 11) is 0. The van der Waals surface area contributed by atoms with Gasteiger partial charge in [0.05, 0.1) is 0 Å². The molecule has 1 atom stereocenters. The summed E-state index contributed by atoms with van der Waals surface area (Å²) < 4.78 is 0. The Bertz CT molecular complexity index is 288. The molecule has 162 valence electrons. The van der Waals surface area contributed by atoms with Gasteiger partial charge in [0, 0.05) is 6.04 Å². The predicted octanol–water partition coefficient (Wildman–Crippen LogP) is 7.65. The van der Waals surface area contributed by atoms with Crippen LogP contribution in [0.1, 0.15) is 135 Å². The van der Waals surface area contributed by atoms with Gasteiger partial charge in [-0.2, -0.15) is 0 Å². The number of nitrogens with two attached hydrogens (primary N) is 2.